The lowest BCUT2D eigenvalue weighted by atomic mass is 10.0. The lowest BCUT2D eigenvalue weighted by Crippen LogP contribution is -2.42. The third-order valence-corrected chi connectivity index (χ3v) is 11.6. The Morgan fingerprint density at radius 1 is 0.852 bits per heavy atom. The molecule has 7 rings (SSSR count). The monoisotopic (exact) mass is 746 g/mol. The van der Waals surface area contributed by atoms with E-state index in [9.17, 15) is 22.8 Å². The highest BCUT2D eigenvalue weighted by Gasteiger charge is 2.37. The number of carbonyl (C=O) groups excluding carboxylic acids is 3. The number of aromatic nitrogens is 2. The number of nitrogens with one attached hydrogen (secondary N) is 3. The second kappa shape index (κ2) is 16.1. The average molecular weight is 747 g/mol. The summed E-state index contributed by atoms with van der Waals surface area (Å²) < 4.78 is 28.2. The smallest absolute Gasteiger partial charge is 0.407 e. The number of alkyl carbamates (subject to hydrolysis) is 1. The summed E-state index contributed by atoms with van der Waals surface area (Å²) in [6, 6.07) is 31.1. The van der Waals surface area contributed by atoms with E-state index in [1.807, 2.05) is 91.0 Å². The first kappa shape index (κ1) is 36.6. The zero-order valence-corrected chi connectivity index (χ0v) is 30.7. The maximum absolute atomic E-state index is 13.8. The lowest BCUT2D eigenvalue weighted by Gasteiger charge is -2.28. The van der Waals surface area contributed by atoms with Gasteiger partial charge in [-0.2, -0.15) is 0 Å². The van der Waals surface area contributed by atoms with Gasteiger partial charge in [-0.25, -0.2) is 18.2 Å². The van der Waals surface area contributed by atoms with Gasteiger partial charge in [-0.1, -0.05) is 78.9 Å². The summed E-state index contributed by atoms with van der Waals surface area (Å²) in [4.78, 5) is 51.0. The number of ether oxygens (including phenoxy) is 1. The van der Waals surface area contributed by atoms with Gasteiger partial charge in [0.15, 0.2) is 9.84 Å². The summed E-state index contributed by atoms with van der Waals surface area (Å²) in [5.41, 5.74) is 6.68. The first-order chi connectivity index (χ1) is 26.2. The van der Waals surface area contributed by atoms with Crippen LogP contribution < -0.4 is 10.6 Å². The Kier molecular flexibility index (Phi) is 10.9. The Hall–Kier alpha value is -5.79. The minimum atomic E-state index is -2.91. The zero-order chi connectivity index (χ0) is 37.7. The van der Waals surface area contributed by atoms with Crippen molar-refractivity contribution in [2.45, 2.75) is 31.5 Å². The summed E-state index contributed by atoms with van der Waals surface area (Å²) in [5, 5.41) is 5.65. The van der Waals surface area contributed by atoms with Crippen LogP contribution in [0.4, 0.5) is 10.5 Å². The largest absolute Gasteiger partial charge is 0.453 e. The van der Waals surface area contributed by atoms with Crippen LogP contribution in [0.25, 0.3) is 22.4 Å². The van der Waals surface area contributed by atoms with Gasteiger partial charge in [0.25, 0.3) is 11.8 Å². The maximum Gasteiger partial charge on any atom is 0.407 e. The Morgan fingerprint density at radius 2 is 1.50 bits per heavy atom. The fourth-order valence-electron chi connectivity index (χ4n) is 6.96. The summed E-state index contributed by atoms with van der Waals surface area (Å²) in [6.45, 7) is 2.29. The van der Waals surface area contributed by atoms with E-state index in [4.69, 9.17) is 4.74 Å². The molecule has 13 heteroatoms. The first-order valence-electron chi connectivity index (χ1n) is 17.9. The molecule has 0 unspecified atom stereocenters. The van der Waals surface area contributed by atoms with Crippen molar-refractivity contribution in [3.63, 3.8) is 0 Å². The van der Waals surface area contributed by atoms with E-state index >= 15 is 0 Å². The number of hydrogen-bond acceptors (Lipinski definition) is 8. The molecule has 2 saturated heterocycles. The minimum absolute atomic E-state index is 0.195. The predicted octanol–water partition coefficient (Wildman–Crippen LogP) is 5.99. The van der Waals surface area contributed by atoms with Crippen LogP contribution in [-0.4, -0.2) is 84.3 Å². The number of rotatable bonds is 10. The molecule has 1 aromatic heterocycles. The molecule has 12 nitrogen and oxygen atoms in total. The van der Waals surface area contributed by atoms with Crippen LogP contribution >= 0.6 is 0 Å². The molecule has 0 aliphatic carbocycles. The fourth-order valence-corrected chi connectivity index (χ4v) is 8.24. The molecule has 0 spiro atoms. The molecule has 2 aliphatic rings. The van der Waals surface area contributed by atoms with E-state index in [-0.39, 0.29) is 29.4 Å². The molecule has 3 N–H and O–H groups in total. The second-order valence-corrected chi connectivity index (χ2v) is 15.9. The highest BCUT2D eigenvalue weighted by Crippen LogP contribution is 2.34. The molecule has 2 atom stereocenters. The van der Waals surface area contributed by atoms with Crippen LogP contribution in [-0.2, 0) is 25.9 Å². The number of benzene rings is 4. The Bertz CT molecular complexity index is 2190. The first-order valence-corrected chi connectivity index (χ1v) is 19.8. The molecule has 278 valence electrons. The van der Waals surface area contributed by atoms with E-state index < -0.39 is 22.0 Å². The zero-order valence-electron chi connectivity index (χ0n) is 29.9. The number of amides is 3. The molecule has 4 aromatic carbocycles. The van der Waals surface area contributed by atoms with Gasteiger partial charge in [-0.15, -0.1) is 0 Å². The molecule has 2 aliphatic heterocycles. The third-order valence-electron chi connectivity index (χ3n) is 10.0. The molecule has 3 amide bonds. The molecule has 3 heterocycles. The van der Waals surface area contributed by atoms with Crippen molar-refractivity contribution in [3.05, 3.63) is 132 Å². The summed E-state index contributed by atoms with van der Waals surface area (Å²) in [5.74, 6) is 0.645. The molecule has 0 radical (unpaired) electrons. The number of H-pyrrole nitrogens is 1. The molecule has 0 saturated carbocycles. The normalized spacial score (nSPS) is 17.4. The van der Waals surface area contributed by atoms with Crippen molar-refractivity contribution in [2.24, 2.45) is 0 Å². The van der Waals surface area contributed by atoms with Crippen LogP contribution in [0.2, 0.25) is 0 Å². The van der Waals surface area contributed by atoms with Gasteiger partial charge >= 0.3 is 6.09 Å². The number of carbonyl (C=O) groups is 3. The average Bonchev–Trinajstić information content (AvgIpc) is 3.90. The maximum atomic E-state index is 13.8. The SMILES string of the molecule is COC(=O)N[C@H](C(=O)N1CCC[C@@H]1c1ncc(-c2ccc(-c3ccc(C(=O)Nc4ccc(CN5CCS(=O)(=O)CC5)cc4)cc3)cc2)[nH]1)c1ccccc1. The van der Waals surface area contributed by atoms with Gasteiger partial charge in [0, 0.05) is 37.4 Å². The van der Waals surface area contributed by atoms with Gasteiger partial charge in [-0.05, 0) is 64.9 Å². The lowest BCUT2D eigenvalue weighted by molar-refractivity contribution is -0.134. The molecular weight excluding hydrogens is 705 g/mol. The van der Waals surface area contributed by atoms with E-state index in [0.29, 0.717) is 48.8 Å². The number of likely N-dealkylation sites (tertiary alicyclic amines) is 1. The number of sulfone groups is 1. The van der Waals surface area contributed by atoms with Crippen molar-refractivity contribution in [2.75, 3.05) is 43.6 Å². The van der Waals surface area contributed by atoms with Gasteiger partial charge in [0.2, 0.25) is 0 Å². The van der Waals surface area contributed by atoms with Crippen molar-refractivity contribution in [1.82, 2.24) is 25.1 Å². The van der Waals surface area contributed by atoms with Gasteiger partial charge < -0.3 is 25.3 Å². The summed E-state index contributed by atoms with van der Waals surface area (Å²) in [6.07, 6.45) is 2.65. The highest BCUT2D eigenvalue weighted by molar-refractivity contribution is 7.91. The Balaban J connectivity index is 0.961. The molecule has 0 bridgehead atoms. The number of imidazole rings is 1. The molecule has 2 fully saturated rings. The Morgan fingerprint density at radius 3 is 2.17 bits per heavy atom. The van der Waals surface area contributed by atoms with Crippen LogP contribution in [0, 0.1) is 0 Å². The fraction of sp³-hybridized carbons (Fsp3) is 0.268. The van der Waals surface area contributed by atoms with Crippen LogP contribution in [0.1, 0.15) is 52.2 Å². The summed E-state index contributed by atoms with van der Waals surface area (Å²) >= 11 is 0. The number of methoxy groups -OCH3 is 1. The quantitative estimate of drug-likeness (QED) is 0.158. The van der Waals surface area contributed by atoms with Crippen molar-refractivity contribution in [3.8, 4) is 22.4 Å². The van der Waals surface area contributed by atoms with E-state index in [2.05, 4.69) is 25.5 Å². The third kappa shape index (κ3) is 8.53. The standard InChI is InChI=1S/C41H42N6O6S/c1-53-41(50)45-37(32-6-3-2-4-7-32)40(49)47-21-5-8-36(47)38-42-26-35(44-38)31-15-11-29(12-16-31)30-13-17-33(18-14-30)39(48)43-34-19-9-28(10-20-34)27-46-22-24-54(51,52)25-23-46/h2-4,6-7,9-20,26,36-37H,5,8,21-25,27H2,1H3,(H,42,44)(H,43,48)(H,45,50)/t36-,37+/m1/s1. The highest BCUT2D eigenvalue weighted by atomic mass is 32.2. The van der Waals surface area contributed by atoms with Crippen LogP contribution in [0.15, 0.2) is 109 Å². The van der Waals surface area contributed by atoms with Gasteiger partial charge in [-0.3, -0.25) is 14.5 Å². The number of hydrogen-bond donors (Lipinski definition) is 3. The van der Waals surface area contributed by atoms with Crippen LogP contribution in [0.5, 0.6) is 0 Å². The van der Waals surface area contributed by atoms with Gasteiger partial charge in [0.05, 0.1) is 36.5 Å². The van der Waals surface area contributed by atoms with Crippen LogP contribution in [0.3, 0.4) is 0 Å². The molecule has 54 heavy (non-hydrogen) atoms. The van der Waals surface area contributed by atoms with Crippen molar-refractivity contribution < 1.29 is 27.5 Å². The van der Waals surface area contributed by atoms with Crippen molar-refractivity contribution >= 4 is 33.4 Å². The van der Waals surface area contributed by atoms with E-state index in [0.717, 1.165) is 40.8 Å². The number of nitrogens with zero attached hydrogens (tertiary/aromatic N) is 3. The predicted molar refractivity (Wildman–Crippen MR) is 206 cm³/mol. The molecule has 5 aromatic rings. The topological polar surface area (TPSA) is 154 Å². The molecular formula is C41H42N6O6S. The Labute approximate surface area is 314 Å². The van der Waals surface area contributed by atoms with E-state index in [1.54, 1.807) is 23.2 Å². The second-order valence-electron chi connectivity index (χ2n) is 13.6. The number of aromatic amines is 1. The number of anilines is 1. The van der Waals surface area contributed by atoms with E-state index in [1.165, 1.54) is 7.11 Å². The van der Waals surface area contributed by atoms with Gasteiger partial charge in [0.1, 0.15) is 11.9 Å². The summed E-state index contributed by atoms with van der Waals surface area (Å²) in [7, 11) is -1.64. The van der Waals surface area contributed by atoms with Crippen molar-refractivity contribution in [1.29, 1.82) is 0 Å². The minimum Gasteiger partial charge on any atom is -0.453 e.